The molecule has 1 amide bonds. The van der Waals surface area contributed by atoms with Crippen molar-refractivity contribution in [1.82, 2.24) is 9.80 Å². The molecule has 2 aromatic rings. The van der Waals surface area contributed by atoms with Crippen LogP contribution in [0.25, 0.3) is 11.1 Å². The van der Waals surface area contributed by atoms with Gasteiger partial charge < -0.3 is 20.0 Å². The van der Waals surface area contributed by atoms with Gasteiger partial charge in [-0.1, -0.05) is 12.1 Å². The number of aliphatic hydroxyl groups is 1. The number of phenols is 1. The zero-order valence-electron chi connectivity index (χ0n) is 15.7. The molecular formula is C21H25FN2O3. The van der Waals surface area contributed by atoms with Gasteiger partial charge in [0.1, 0.15) is 11.6 Å². The molecule has 6 heteroatoms. The van der Waals surface area contributed by atoms with E-state index in [0.29, 0.717) is 42.7 Å². The summed E-state index contributed by atoms with van der Waals surface area (Å²) in [6.45, 7) is 1.43. The molecule has 1 fully saturated rings. The van der Waals surface area contributed by atoms with Crippen LogP contribution in [0.4, 0.5) is 4.39 Å². The summed E-state index contributed by atoms with van der Waals surface area (Å²) in [5, 5.41) is 20.1. The largest absolute Gasteiger partial charge is 0.508 e. The first kappa shape index (κ1) is 19.3. The third kappa shape index (κ3) is 4.46. The van der Waals surface area contributed by atoms with E-state index in [9.17, 15) is 19.4 Å². The highest BCUT2D eigenvalue weighted by Gasteiger charge is 2.35. The van der Waals surface area contributed by atoms with Crippen molar-refractivity contribution in [1.29, 1.82) is 0 Å². The number of piperidine rings is 1. The minimum absolute atomic E-state index is 0.127. The first-order valence-electron chi connectivity index (χ1n) is 9.03. The number of β-amino-alcohol motifs (C(OH)–C–C–N with tert-alkyl or cyclic N) is 1. The molecule has 1 heterocycles. The van der Waals surface area contributed by atoms with Gasteiger partial charge in [0.05, 0.1) is 12.1 Å². The fourth-order valence-electron chi connectivity index (χ4n) is 3.72. The molecule has 0 aliphatic carbocycles. The van der Waals surface area contributed by atoms with E-state index in [4.69, 9.17) is 0 Å². The average Bonchev–Trinajstić information content (AvgIpc) is 2.60. The van der Waals surface area contributed by atoms with Crippen molar-refractivity contribution in [2.45, 2.75) is 18.4 Å². The summed E-state index contributed by atoms with van der Waals surface area (Å²) < 4.78 is 14.0. The van der Waals surface area contributed by atoms with Gasteiger partial charge in [-0.15, -0.1) is 0 Å². The van der Waals surface area contributed by atoms with Crippen molar-refractivity contribution >= 4 is 5.91 Å². The van der Waals surface area contributed by atoms with E-state index in [1.54, 1.807) is 29.2 Å². The van der Waals surface area contributed by atoms with Crippen LogP contribution >= 0.6 is 0 Å². The van der Waals surface area contributed by atoms with Crippen molar-refractivity contribution in [2.75, 3.05) is 33.7 Å². The molecule has 0 saturated carbocycles. The average molecular weight is 372 g/mol. The molecule has 2 aromatic carbocycles. The number of rotatable bonds is 4. The molecule has 5 nitrogen and oxygen atoms in total. The number of likely N-dealkylation sites (N-methyl/N-ethyl adjacent to an activating group) is 1. The lowest BCUT2D eigenvalue weighted by molar-refractivity contribution is -0.0391. The lowest BCUT2D eigenvalue weighted by Crippen LogP contribution is -2.54. The van der Waals surface area contributed by atoms with Gasteiger partial charge in [-0.25, -0.2) is 4.39 Å². The Morgan fingerprint density at radius 3 is 2.56 bits per heavy atom. The van der Waals surface area contributed by atoms with Gasteiger partial charge in [0.25, 0.3) is 5.91 Å². The van der Waals surface area contributed by atoms with E-state index in [2.05, 4.69) is 0 Å². The summed E-state index contributed by atoms with van der Waals surface area (Å²) in [6, 6.07) is 10.7. The summed E-state index contributed by atoms with van der Waals surface area (Å²) in [5.41, 5.74) is 0.607. The highest BCUT2D eigenvalue weighted by Crippen LogP contribution is 2.27. The Hall–Kier alpha value is -2.44. The maximum atomic E-state index is 14.0. The van der Waals surface area contributed by atoms with Crippen molar-refractivity contribution in [3.05, 3.63) is 53.8 Å². The molecule has 0 spiro atoms. The molecule has 1 aliphatic rings. The van der Waals surface area contributed by atoms with Gasteiger partial charge in [0, 0.05) is 30.3 Å². The van der Waals surface area contributed by atoms with Crippen LogP contribution in [0.3, 0.4) is 0 Å². The minimum atomic E-state index is -0.896. The number of phenolic OH excluding ortho intramolecular Hbond substituents is 1. The number of hydrogen-bond donors (Lipinski definition) is 2. The Morgan fingerprint density at radius 1 is 1.22 bits per heavy atom. The predicted octanol–water partition coefficient (Wildman–Crippen LogP) is 2.73. The van der Waals surface area contributed by atoms with E-state index in [1.807, 2.05) is 19.0 Å². The van der Waals surface area contributed by atoms with Crippen LogP contribution in [0.2, 0.25) is 0 Å². The monoisotopic (exact) mass is 372 g/mol. The Morgan fingerprint density at radius 2 is 1.93 bits per heavy atom. The smallest absolute Gasteiger partial charge is 0.253 e. The highest BCUT2D eigenvalue weighted by molar-refractivity contribution is 5.94. The fourth-order valence-corrected chi connectivity index (χ4v) is 3.72. The predicted molar refractivity (Wildman–Crippen MR) is 102 cm³/mol. The molecule has 0 unspecified atom stereocenters. The molecule has 3 rings (SSSR count). The van der Waals surface area contributed by atoms with Gasteiger partial charge in [-0.05, 0) is 56.8 Å². The summed E-state index contributed by atoms with van der Waals surface area (Å²) in [7, 11) is 3.81. The van der Waals surface area contributed by atoms with Crippen molar-refractivity contribution in [2.24, 2.45) is 0 Å². The molecule has 1 atom stereocenters. The van der Waals surface area contributed by atoms with Crippen molar-refractivity contribution in [3.63, 3.8) is 0 Å². The number of likely N-dealkylation sites (tertiary alicyclic amines) is 1. The first-order valence-corrected chi connectivity index (χ1v) is 9.03. The number of amides is 1. The molecule has 144 valence electrons. The van der Waals surface area contributed by atoms with Gasteiger partial charge >= 0.3 is 0 Å². The lowest BCUT2D eigenvalue weighted by Gasteiger charge is -2.40. The van der Waals surface area contributed by atoms with Gasteiger partial charge in [-0.2, -0.15) is 0 Å². The summed E-state index contributed by atoms with van der Waals surface area (Å²) in [4.78, 5) is 16.4. The molecule has 1 aliphatic heterocycles. The molecule has 0 aromatic heterocycles. The van der Waals surface area contributed by atoms with Gasteiger partial charge in [0.15, 0.2) is 0 Å². The first-order chi connectivity index (χ1) is 12.8. The summed E-state index contributed by atoms with van der Waals surface area (Å²) in [6.07, 6.45) is 1.43. The van der Waals surface area contributed by atoms with Crippen LogP contribution in [-0.4, -0.2) is 65.3 Å². The Labute approximate surface area is 158 Å². The van der Waals surface area contributed by atoms with E-state index < -0.39 is 11.4 Å². The van der Waals surface area contributed by atoms with E-state index in [1.165, 1.54) is 12.1 Å². The molecule has 27 heavy (non-hydrogen) atoms. The van der Waals surface area contributed by atoms with Crippen molar-refractivity contribution < 1.29 is 19.4 Å². The molecule has 0 radical (unpaired) electrons. The van der Waals surface area contributed by atoms with Crippen LogP contribution in [0.15, 0.2) is 42.5 Å². The number of carbonyl (C=O) groups is 1. The SMILES string of the molecule is CN(C)C[C@@]1(O)CCCN(C(=O)c2ccc(-c3ccc(O)cc3F)cc2)C1. The zero-order chi connectivity index (χ0) is 19.6. The molecular weight excluding hydrogens is 347 g/mol. The van der Waals surface area contributed by atoms with E-state index >= 15 is 0 Å². The van der Waals surface area contributed by atoms with Crippen LogP contribution in [0.5, 0.6) is 5.75 Å². The molecule has 0 bridgehead atoms. The molecule has 1 saturated heterocycles. The second-order valence-electron chi connectivity index (χ2n) is 7.53. The second-order valence-corrected chi connectivity index (χ2v) is 7.53. The molecule has 2 N–H and O–H groups in total. The Balaban J connectivity index is 1.75. The van der Waals surface area contributed by atoms with Crippen LogP contribution in [-0.2, 0) is 0 Å². The quantitative estimate of drug-likeness (QED) is 0.866. The van der Waals surface area contributed by atoms with Crippen molar-refractivity contribution in [3.8, 4) is 16.9 Å². The summed E-state index contributed by atoms with van der Waals surface area (Å²) >= 11 is 0. The number of hydrogen-bond acceptors (Lipinski definition) is 4. The summed E-state index contributed by atoms with van der Waals surface area (Å²) in [5.74, 6) is -0.776. The fraction of sp³-hybridized carbons (Fsp3) is 0.381. The maximum absolute atomic E-state index is 14.0. The van der Waals surface area contributed by atoms with Gasteiger partial charge in [0.2, 0.25) is 0 Å². The van der Waals surface area contributed by atoms with Gasteiger partial charge in [-0.3, -0.25) is 4.79 Å². The Kier molecular flexibility index (Phi) is 5.48. The highest BCUT2D eigenvalue weighted by atomic mass is 19.1. The number of nitrogens with zero attached hydrogens (tertiary/aromatic N) is 2. The minimum Gasteiger partial charge on any atom is -0.508 e. The number of aromatic hydroxyl groups is 1. The maximum Gasteiger partial charge on any atom is 0.253 e. The second kappa shape index (κ2) is 7.66. The lowest BCUT2D eigenvalue weighted by atomic mass is 9.92. The van der Waals surface area contributed by atoms with E-state index in [-0.39, 0.29) is 11.7 Å². The number of carbonyl (C=O) groups excluding carboxylic acids is 1. The van der Waals surface area contributed by atoms with E-state index in [0.717, 1.165) is 12.5 Å². The number of benzene rings is 2. The van der Waals surface area contributed by atoms with Crippen LogP contribution in [0.1, 0.15) is 23.2 Å². The van der Waals surface area contributed by atoms with Crippen LogP contribution < -0.4 is 0 Å². The third-order valence-electron chi connectivity index (χ3n) is 4.85. The third-order valence-corrected chi connectivity index (χ3v) is 4.85. The number of halogens is 1. The Bertz CT molecular complexity index is 823. The zero-order valence-corrected chi connectivity index (χ0v) is 15.7. The normalized spacial score (nSPS) is 20.1. The topological polar surface area (TPSA) is 64.0 Å². The van der Waals surface area contributed by atoms with Crippen LogP contribution in [0, 0.1) is 5.82 Å². The standard InChI is InChI=1S/C21H25FN2O3/c1-23(2)13-21(27)10-3-11-24(14-21)20(26)16-6-4-15(5-7-16)18-9-8-17(25)12-19(18)22/h4-9,12,25,27H,3,10-11,13-14H2,1-2H3/t21-/m0/s1.